The first-order valence-corrected chi connectivity index (χ1v) is 6.18. The Morgan fingerprint density at radius 1 is 1.44 bits per heavy atom. The summed E-state index contributed by atoms with van der Waals surface area (Å²) in [5.74, 6) is -0.0353. The second-order valence-electron chi connectivity index (χ2n) is 3.87. The average Bonchev–Trinajstić information content (AvgIpc) is 2.31. The van der Waals surface area contributed by atoms with Crippen molar-refractivity contribution in [3.63, 3.8) is 0 Å². The number of carbonyl (C=O) groups excluding carboxylic acids is 1. The molecule has 1 saturated heterocycles. The molecule has 0 aromatic carbocycles. The van der Waals surface area contributed by atoms with E-state index in [1.54, 1.807) is 18.3 Å². The fourth-order valence-corrected chi connectivity index (χ4v) is 1.98. The first-order valence-electron chi connectivity index (χ1n) is 5.39. The maximum Gasteiger partial charge on any atom is 0.253 e. The van der Waals surface area contributed by atoms with Crippen LogP contribution in [0.15, 0.2) is 22.9 Å². The maximum absolute atomic E-state index is 11.8. The minimum Gasteiger partial charge on any atom is -0.349 e. The summed E-state index contributed by atoms with van der Waals surface area (Å²) < 4.78 is 0.742. The zero-order valence-corrected chi connectivity index (χ0v) is 10.5. The Morgan fingerprint density at radius 2 is 2.19 bits per heavy atom. The summed E-state index contributed by atoms with van der Waals surface area (Å²) in [6.45, 7) is 1.95. The number of hydrogen-bond acceptors (Lipinski definition) is 3. The number of piperidine rings is 1. The summed E-state index contributed by atoms with van der Waals surface area (Å²) in [5.41, 5.74) is 0.613. The Hall–Kier alpha value is -0.940. The average molecular weight is 284 g/mol. The molecule has 86 valence electrons. The van der Waals surface area contributed by atoms with Crippen LogP contribution < -0.4 is 10.6 Å². The van der Waals surface area contributed by atoms with Crippen LogP contribution in [0.2, 0.25) is 0 Å². The van der Waals surface area contributed by atoms with Gasteiger partial charge in [-0.2, -0.15) is 0 Å². The normalized spacial score (nSPS) is 17.1. The van der Waals surface area contributed by atoms with Crippen LogP contribution in [0.1, 0.15) is 23.2 Å². The minimum absolute atomic E-state index is 0.0353. The van der Waals surface area contributed by atoms with Gasteiger partial charge in [0.1, 0.15) is 4.60 Å². The van der Waals surface area contributed by atoms with Crippen molar-refractivity contribution in [3.8, 4) is 0 Å². The number of halogens is 1. The van der Waals surface area contributed by atoms with Crippen molar-refractivity contribution in [2.24, 2.45) is 0 Å². The number of nitrogens with zero attached hydrogens (tertiary/aromatic N) is 1. The highest BCUT2D eigenvalue weighted by molar-refractivity contribution is 9.10. The van der Waals surface area contributed by atoms with Gasteiger partial charge in [-0.3, -0.25) is 4.79 Å². The molecule has 2 N–H and O–H groups in total. The lowest BCUT2D eigenvalue weighted by atomic mass is 10.1. The fraction of sp³-hybridized carbons (Fsp3) is 0.455. The highest BCUT2D eigenvalue weighted by atomic mass is 79.9. The SMILES string of the molecule is O=C(NC1CCNCC1)c1ccc(Br)nc1. The van der Waals surface area contributed by atoms with Crippen LogP contribution in [-0.2, 0) is 0 Å². The van der Waals surface area contributed by atoms with E-state index >= 15 is 0 Å². The van der Waals surface area contributed by atoms with Gasteiger partial charge in [-0.1, -0.05) is 0 Å². The molecule has 1 aliphatic heterocycles. The number of nitrogens with one attached hydrogen (secondary N) is 2. The van der Waals surface area contributed by atoms with E-state index in [4.69, 9.17) is 0 Å². The van der Waals surface area contributed by atoms with Crippen molar-refractivity contribution < 1.29 is 4.79 Å². The molecule has 5 heteroatoms. The van der Waals surface area contributed by atoms with Crippen molar-refractivity contribution in [1.29, 1.82) is 0 Å². The van der Waals surface area contributed by atoms with E-state index in [-0.39, 0.29) is 11.9 Å². The largest absolute Gasteiger partial charge is 0.349 e. The van der Waals surface area contributed by atoms with Gasteiger partial charge >= 0.3 is 0 Å². The number of aromatic nitrogens is 1. The van der Waals surface area contributed by atoms with Crippen molar-refractivity contribution in [2.45, 2.75) is 18.9 Å². The van der Waals surface area contributed by atoms with Crippen molar-refractivity contribution in [3.05, 3.63) is 28.5 Å². The molecule has 1 fully saturated rings. The van der Waals surface area contributed by atoms with Gasteiger partial charge in [0.05, 0.1) is 5.56 Å². The highest BCUT2D eigenvalue weighted by Crippen LogP contribution is 2.08. The van der Waals surface area contributed by atoms with E-state index < -0.39 is 0 Å². The molecule has 1 amide bonds. The molecule has 0 bridgehead atoms. The second-order valence-corrected chi connectivity index (χ2v) is 4.68. The predicted molar refractivity (Wildman–Crippen MR) is 65.3 cm³/mol. The van der Waals surface area contributed by atoms with Crippen LogP contribution in [0.3, 0.4) is 0 Å². The molecule has 0 atom stereocenters. The van der Waals surface area contributed by atoms with Crippen LogP contribution in [0, 0.1) is 0 Å². The van der Waals surface area contributed by atoms with Crippen LogP contribution in [-0.4, -0.2) is 30.0 Å². The Bertz CT molecular complexity index is 360. The summed E-state index contributed by atoms with van der Waals surface area (Å²) in [4.78, 5) is 15.9. The Kier molecular flexibility index (Phi) is 3.90. The molecular formula is C11H14BrN3O. The van der Waals surface area contributed by atoms with Crippen LogP contribution in [0.5, 0.6) is 0 Å². The van der Waals surface area contributed by atoms with Gasteiger partial charge in [-0.25, -0.2) is 4.98 Å². The van der Waals surface area contributed by atoms with E-state index in [0.29, 0.717) is 5.56 Å². The van der Waals surface area contributed by atoms with Crippen LogP contribution >= 0.6 is 15.9 Å². The van der Waals surface area contributed by atoms with Crippen molar-refractivity contribution in [2.75, 3.05) is 13.1 Å². The second kappa shape index (κ2) is 5.41. The lowest BCUT2D eigenvalue weighted by Gasteiger charge is -2.23. The third kappa shape index (κ3) is 3.02. The number of carbonyl (C=O) groups is 1. The summed E-state index contributed by atoms with van der Waals surface area (Å²) in [5, 5.41) is 6.29. The highest BCUT2D eigenvalue weighted by Gasteiger charge is 2.16. The Morgan fingerprint density at radius 3 is 2.81 bits per heavy atom. The summed E-state index contributed by atoms with van der Waals surface area (Å²) in [6, 6.07) is 3.84. The van der Waals surface area contributed by atoms with Gasteiger partial charge < -0.3 is 10.6 Å². The number of pyridine rings is 1. The van der Waals surface area contributed by atoms with Crippen molar-refractivity contribution in [1.82, 2.24) is 15.6 Å². The molecule has 0 saturated carbocycles. The third-order valence-electron chi connectivity index (χ3n) is 2.66. The van der Waals surface area contributed by atoms with Gasteiger partial charge in [0.2, 0.25) is 0 Å². The minimum atomic E-state index is -0.0353. The van der Waals surface area contributed by atoms with Crippen molar-refractivity contribution >= 4 is 21.8 Å². The zero-order chi connectivity index (χ0) is 11.4. The van der Waals surface area contributed by atoms with Crippen LogP contribution in [0.25, 0.3) is 0 Å². The quantitative estimate of drug-likeness (QED) is 0.805. The first kappa shape index (κ1) is 11.5. The van der Waals surface area contributed by atoms with Gasteiger partial charge in [0.15, 0.2) is 0 Å². The monoisotopic (exact) mass is 283 g/mol. The molecule has 0 radical (unpaired) electrons. The first-order chi connectivity index (χ1) is 7.75. The Labute approximate surface area is 103 Å². The Balaban J connectivity index is 1.94. The van der Waals surface area contributed by atoms with E-state index in [2.05, 4.69) is 31.5 Å². The molecular weight excluding hydrogens is 270 g/mol. The smallest absolute Gasteiger partial charge is 0.253 e. The summed E-state index contributed by atoms with van der Waals surface area (Å²) >= 11 is 3.24. The molecule has 16 heavy (non-hydrogen) atoms. The number of amides is 1. The fourth-order valence-electron chi connectivity index (χ4n) is 1.75. The summed E-state index contributed by atoms with van der Waals surface area (Å²) in [7, 11) is 0. The molecule has 4 nitrogen and oxygen atoms in total. The lowest BCUT2D eigenvalue weighted by molar-refractivity contribution is 0.0929. The van der Waals surface area contributed by atoms with E-state index in [0.717, 1.165) is 30.5 Å². The van der Waals surface area contributed by atoms with Gasteiger partial charge in [0.25, 0.3) is 5.91 Å². The molecule has 2 heterocycles. The lowest BCUT2D eigenvalue weighted by Crippen LogP contribution is -2.42. The van der Waals surface area contributed by atoms with E-state index in [9.17, 15) is 4.79 Å². The molecule has 1 aromatic rings. The van der Waals surface area contributed by atoms with Gasteiger partial charge in [-0.15, -0.1) is 0 Å². The summed E-state index contributed by atoms with van der Waals surface area (Å²) in [6.07, 6.45) is 3.58. The molecule has 2 rings (SSSR count). The standard InChI is InChI=1S/C11H14BrN3O/c12-10-2-1-8(7-14-10)11(16)15-9-3-5-13-6-4-9/h1-2,7,9,13H,3-6H2,(H,15,16). The number of rotatable bonds is 2. The molecule has 1 aliphatic rings. The predicted octanol–water partition coefficient (Wildman–Crippen LogP) is 1.33. The van der Waals surface area contributed by atoms with Crippen LogP contribution in [0.4, 0.5) is 0 Å². The van der Waals surface area contributed by atoms with E-state index in [1.807, 2.05) is 0 Å². The number of hydrogen-bond donors (Lipinski definition) is 2. The molecule has 0 aliphatic carbocycles. The topological polar surface area (TPSA) is 54.0 Å². The van der Waals surface area contributed by atoms with Gasteiger partial charge in [0, 0.05) is 12.2 Å². The maximum atomic E-state index is 11.8. The zero-order valence-electron chi connectivity index (χ0n) is 8.87. The molecule has 0 unspecified atom stereocenters. The van der Waals surface area contributed by atoms with Gasteiger partial charge in [-0.05, 0) is 54.0 Å². The molecule has 0 spiro atoms. The van der Waals surface area contributed by atoms with E-state index in [1.165, 1.54) is 0 Å². The molecule has 1 aromatic heterocycles. The third-order valence-corrected chi connectivity index (χ3v) is 3.13.